The zero-order chi connectivity index (χ0) is 15.1. The van der Waals surface area contributed by atoms with Gasteiger partial charge in [-0.1, -0.05) is 35.9 Å². The first-order chi connectivity index (χ1) is 10.1. The van der Waals surface area contributed by atoms with Crippen LogP contribution in [0.3, 0.4) is 0 Å². The molecule has 2 aromatic carbocycles. The monoisotopic (exact) mass is 300 g/mol. The Labute approximate surface area is 131 Å². The summed E-state index contributed by atoms with van der Waals surface area (Å²) in [4.78, 5) is 1.97. The van der Waals surface area contributed by atoms with Crippen molar-refractivity contribution in [3.05, 3.63) is 60.2 Å². The fourth-order valence-electron chi connectivity index (χ4n) is 1.77. The minimum absolute atomic E-state index is 0.593. The molecule has 0 aliphatic rings. The summed E-state index contributed by atoms with van der Waals surface area (Å²) in [5.74, 6) is 0.878. The van der Waals surface area contributed by atoms with Gasteiger partial charge in [-0.25, -0.2) is 0 Å². The summed E-state index contributed by atoms with van der Waals surface area (Å²) in [5, 5.41) is 3.91. The highest BCUT2D eigenvalue weighted by Gasteiger charge is 2.04. The maximum Gasteiger partial charge on any atom is 0.173 e. The maximum absolute atomic E-state index is 5.66. The molecule has 0 fully saturated rings. The average molecular weight is 300 g/mol. The summed E-state index contributed by atoms with van der Waals surface area (Å²) in [7, 11) is 1.96. The van der Waals surface area contributed by atoms with Gasteiger partial charge in [0.05, 0.1) is 6.54 Å². The first-order valence-electron chi connectivity index (χ1n) is 6.92. The van der Waals surface area contributed by atoms with E-state index in [9.17, 15) is 0 Å². The van der Waals surface area contributed by atoms with Crippen molar-refractivity contribution in [3.63, 3.8) is 0 Å². The predicted octanol–water partition coefficient (Wildman–Crippen LogP) is 3.70. The Morgan fingerprint density at radius 1 is 1.10 bits per heavy atom. The van der Waals surface area contributed by atoms with Crippen LogP contribution in [-0.4, -0.2) is 30.2 Å². The second-order valence-electron chi connectivity index (χ2n) is 4.88. The lowest BCUT2D eigenvalue weighted by Crippen LogP contribution is -2.34. The highest BCUT2D eigenvalue weighted by Crippen LogP contribution is 2.10. The largest absolute Gasteiger partial charge is 0.492 e. The van der Waals surface area contributed by atoms with Crippen molar-refractivity contribution >= 4 is 23.0 Å². The molecular weight excluding hydrogens is 280 g/mol. The van der Waals surface area contributed by atoms with Gasteiger partial charge in [0.1, 0.15) is 12.4 Å². The molecule has 0 aromatic heterocycles. The van der Waals surface area contributed by atoms with E-state index in [-0.39, 0.29) is 0 Å². The average Bonchev–Trinajstić information content (AvgIpc) is 2.50. The summed E-state index contributed by atoms with van der Waals surface area (Å²) < 4.78 is 5.66. The van der Waals surface area contributed by atoms with Crippen LogP contribution >= 0.6 is 12.2 Å². The van der Waals surface area contributed by atoms with E-state index in [1.165, 1.54) is 5.56 Å². The fraction of sp³-hybridized carbons (Fsp3) is 0.235. The molecular formula is C17H20N2OS. The van der Waals surface area contributed by atoms with Gasteiger partial charge in [-0.05, 0) is 43.4 Å². The Balaban J connectivity index is 1.76. The van der Waals surface area contributed by atoms with Crippen molar-refractivity contribution in [2.75, 3.05) is 25.5 Å². The van der Waals surface area contributed by atoms with Crippen molar-refractivity contribution in [1.29, 1.82) is 0 Å². The first-order valence-corrected chi connectivity index (χ1v) is 7.32. The summed E-state index contributed by atoms with van der Waals surface area (Å²) in [6.45, 7) is 3.39. The lowest BCUT2D eigenvalue weighted by Gasteiger charge is -2.21. The normalized spacial score (nSPS) is 10.0. The Hall–Kier alpha value is -2.07. The number of likely N-dealkylation sites (N-methyl/N-ethyl adjacent to an activating group) is 1. The molecule has 0 amide bonds. The molecule has 3 nitrogen and oxygen atoms in total. The molecule has 0 radical (unpaired) electrons. The number of aryl methyl sites for hydroxylation is 1. The summed E-state index contributed by atoms with van der Waals surface area (Å²) >= 11 is 5.38. The number of hydrogen-bond acceptors (Lipinski definition) is 2. The highest BCUT2D eigenvalue weighted by atomic mass is 32.1. The van der Waals surface area contributed by atoms with Crippen molar-refractivity contribution in [2.45, 2.75) is 6.92 Å². The molecule has 0 aliphatic heterocycles. The number of para-hydroxylation sites is 1. The number of nitrogens with zero attached hydrogens (tertiary/aromatic N) is 1. The van der Waals surface area contributed by atoms with E-state index < -0.39 is 0 Å². The molecule has 4 heteroatoms. The van der Waals surface area contributed by atoms with Gasteiger partial charge in [0.15, 0.2) is 5.11 Å². The smallest absolute Gasteiger partial charge is 0.173 e. The second kappa shape index (κ2) is 7.64. The Kier molecular flexibility index (Phi) is 5.58. The van der Waals surface area contributed by atoms with Crippen molar-refractivity contribution in [3.8, 4) is 5.75 Å². The van der Waals surface area contributed by atoms with Gasteiger partial charge >= 0.3 is 0 Å². The molecule has 0 saturated carbocycles. The van der Waals surface area contributed by atoms with Crippen LogP contribution in [0.5, 0.6) is 5.75 Å². The van der Waals surface area contributed by atoms with Gasteiger partial charge in [0.25, 0.3) is 0 Å². The number of rotatable bonds is 5. The third-order valence-corrected chi connectivity index (χ3v) is 3.50. The number of anilines is 1. The molecule has 0 aliphatic carbocycles. The van der Waals surface area contributed by atoms with E-state index in [4.69, 9.17) is 17.0 Å². The number of benzene rings is 2. The molecule has 21 heavy (non-hydrogen) atoms. The van der Waals surface area contributed by atoms with Crippen molar-refractivity contribution in [1.82, 2.24) is 4.90 Å². The van der Waals surface area contributed by atoms with E-state index in [0.29, 0.717) is 11.7 Å². The molecule has 0 spiro atoms. The van der Waals surface area contributed by atoms with Gasteiger partial charge in [0, 0.05) is 12.7 Å². The number of ether oxygens (including phenoxy) is 1. The van der Waals surface area contributed by atoms with E-state index in [1.807, 2.05) is 54.4 Å². The van der Waals surface area contributed by atoms with Crippen LogP contribution in [0.2, 0.25) is 0 Å². The lowest BCUT2D eigenvalue weighted by atomic mass is 10.2. The van der Waals surface area contributed by atoms with Gasteiger partial charge in [-0.15, -0.1) is 0 Å². The zero-order valence-corrected chi connectivity index (χ0v) is 13.2. The Morgan fingerprint density at radius 3 is 2.43 bits per heavy atom. The molecule has 0 bridgehead atoms. The maximum atomic E-state index is 5.66. The summed E-state index contributed by atoms with van der Waals surface area (Å²) in [6, 6.07) is 18.0. The van der Waals surface area contributed by atoms with Crippen LogP contribution in [0, 0.1) is 6.92 Å². The topological polar surface area (TPSA) is 24.5 Å². The van der Waals surface area contributed by atoms with Crippen molar-refractivity contribution in [2.24, 2.45) is 0 Å². The van der Waals surface area contributed by atoms with Gasteiger partial charge in [-0.2, -0.15) is 0 Å². The van der Waals surface area contributed by atoms with Crippen LogP contribution in [-0.2, 0) is 0 Å². The van der Waals surface area contributed by atoms with E-state index >= 15 is 0 Å². The van der Waals surface area contributed by atoms with E-state index in [0.717, 1.165) is 18.0 Å². The van der Waals surface area contributed by atoms with Crippen molar-refractivity contribution < 1.29 is 4.74 Å². The Morgan fingerprint density at radius 2 is 1.76 bits per heavy atom. The van der Waals surface area contributed by atoms with Gasteiger partial charge in [0.2, 0.25) is 0 Å². The molecule has 1 N–H and O–H groups in total. The zero-order valence-electron chi connectivity index (χ0n) is 12.4. The lowest BCUT2D eigenvalue weighted by molar-refractivity contribution is 0.285. The number of thiocarbonyl (C=S) groups is 1. The van der Waals surface area contributed by atoms with Crippen LogP contribution in [0.1, 0.15) is 5.56 Å². The molecule has 2 rings (SSSR count). The predicted molar refractivity (Wildman–Crippen MR) is 92.0 cm³/mol. The highest BCUT2D eigenvalue weighted by molar-refractivity contribution is 7.80. The first kappa shape index (κ1) is 15.3. The molecule has 0 heterocycles. The molecule has 0 atom stereocenters. The minimum Gasteiger partial charge on any atom is -0.492 e. The second-order valence-corrected chi connectivity index (χ2v) is 5.27. The quantitative estimate of drug-likeness (QED) is 0.851. The van der Waals surface area contributed by atoms with Gasteiger partial charge < -0.3 is 15.0 Å². The molecule has 2 aromatic rings. The van der Waals surface area contributed by atoms with Crippen LogP contribution in [0.15, 0.2) is 54.6 Å². The molecule has 0 unspecified atom stereocenters. The third-order valence-electron chi connectivity index (χ3n) is 3.09. The third kappa shape index (κ3) is 5.08. The van der Waals surface area contributed by atoms with Crippen LogP contribution in [0.4, 0.5) is 5.69 Å². The summed E-state index contributed by atoms with van der Waals surface area (Å²) in [5.41, 5.74) is 2.23. The fourth-order valence-corrected chi connectivity index (χ4v) is 1.98. The number of nitrogens with one attached hydrogen (secondary N) is 1. The van der Waals surface area contributed by atoms with Crippen LogP contribution < -0.4 is 10.1 Å². The molecule has 110 valence electrons. The standard InChI is InChI=1S/C17H20N2OS/c1-14-8-10-15(11-9-14)18-17(21)19(2)12-13-20-16-6-4-3-5-7-16/h3-11H,12-13H2,1-2H3,(H,18,21). The van der Waals surface area contributed by atoms with Crippen LogP contribution in [0.25, 0.3) is 0 Å². The SMILES string of the molecule is Cc1ccc(NC(=S)N(C)CCOc2ccccc2)cc1. The summed E-state index contributed by atoms with van der Waals surface area (Å²) in [6.07, 6.45) is 0. The minimum atomic E-state index is 0.593. The molecule has 0 saturated heterocycles. The number of hydrogen-bond donors (Lipinski definition) is 1. The van der Waals surface area contributed by atoms with E-state index in [2.05, 4.69) is 24.4 Å². The van der Waals surface area contributed by atoms with Gasteiger partial charge in [-0.3, -0.25) is 0 Å². The van der Waals surface area contributed by atoms with E-state index in [1.54, 1.807) is 0 Å². The Bertz CT molecular complexity index is 569.